The molecule has 0 amide bonds. The van der Waals surface area contributed by atoms with Crippen molar-refractivity contribution in [2.24, 2.45) is 5.92 Å². The SMILES string of the molecule is COc1cc(OC)c(CCC2(C3CCCC3)CC(=O)C(Sc3nnc(C)n3CCN3CCOCC3)C(=O)O2)cc1Cl. The molecule has 5 rings (SSSR count). The van der Waals surface area contributed by atoms with Crippen LogP contribution in [0.2, 0.25) is 5.02 Å². The zero-order valence-corrected chi connectivity index (χ0v) is 25.6. The number of aryl methyl sites for hydroxylation is 2. The van der Waals surface area contributed by atoms with E-state index in [0.29, 0.717) is 41.1 Å². The monoisotopic (exact) mass is 606 g/mol. The molecule has 3 aliphatic rings. The highest BCUT2D eigenvalue weighted by atomic mass is 35.5. The van der Waals surface area contributed by atoms with Crippen molar-refractivity contribution in [3.05, 3.63) is 28.5 Å². The van der Waals surface area contributed by atoms with Crippen LogP contribution in [0.1, 0.15) is 49.9 Å². The van der Waals surface area contributed by atoms with Crippen LogP contribution in [0.25, 0.3) is 0 Å². The van der Waals surface area contributed by atoms with Crippen molar-refractivity contribution in [1.29, 1.82) is 0 Å². The molecule has 2 saturated heterocycles. The molecule has 1 aromatic carbocycles. The number of ketones is 1. The maximum absolute atomic E-state index is 13.7. The highest BCUT2D eigenvalue weighted by Crippen LogP contribution is 2.46. The summed E-state index contributed by atoms with van der Waals surface area (Å²) in [5.41, 5.74) is 0.0403. The normalized spacial score (nSPS) is 24.0. The number of esters is 1. The van der Waals surface area contributed by atoms with Crippen LogP contribution in [0.5, 0.6) is 11.5 Å². The first-order valence-corrected chi connectivity index (χ1v) is 15.6. The van der Waals surface area contributed by atoms with Gasteiger partial charge in [-0.3, -0.25) is 14.5 Å². The van der Waals surface area contributed by atoms with E-state index in [1.54, 1.807) is 20.3 Å². The lowest BCUT2D eigenvalue weighted by atomic mass is 9.76. The van der Waals surface area contributed by atoms with Gasteiger partial charge in [-0.15, -0.1) is 10.2 Å². The first kappa shape index (κ1) is 30.1. The van der Waals surface area contributed by atoms with E-state index in [0.717, 1.165) is 81.7 Å². The summed E-state index contributed by atoms with van der Waals surface area (Å²) in [4.78, 5) is 29.6. The predicted molar refractivity (Wildman–Crippen MR) is 155 cm³/mol. The first-order chi connectivity index (χ1) is 19.8. The van der Waals surface area contributed by atoms with Gasteiger partial charge in [0.2, 0.25) is 0 Å². The molecule has 3 fully saturated rings. The van der Waals surface area contributed by atoms with Crippen molar-refractivity contribution < 1.29 is 28.5 Å². The Morgan fingerprint density at radius 2 is 1.80 bits per heavy atom. The molecule has 0 spiro atoms. The highest BCUT2D eigenvalue weighted by molar-refractivity contribution is 8.01. The number of morpholine rings is 1. The Morgan fingerprint density at radius 3 is 2.49 bits per heavy atom. The molecule has 0 bridgehead atoms. The summed E-state index contributed by atoms with van der Waals surface area (Å²) in [6.45, 7) is 6.61. The maximum atomic E-state index is 13.7. The van der Waals surface area contributed by atoms with Gasteiger partial charge in [0.15, 0.2) is 16.2 Å². The van der Waals surface area contributed by atoms with Crippen molar-refractivity contribution in [3.8, 4) is 11.5 Å². The second-order valence-corrected chi connectivity index (χ2v) is 12.5. The minimum Gasteiger partial charge on any atom is -0.496 e. The van der Waals surface area contributed by atoms with Gasteiger partial charge in [0, 0.05) is 38.7 Å². The number of rotatable bonds is 11. The van der Waals surface area contributed by atoms with Crippen LogP contribution in [0.15, 0.2) is 17.3 Å². The van der Waals surface area contributed by atoms with Crippen molar-refractivity contribution in [3.63, 3.8) is 0 Å². The number of hydrogen-bond donors (Lipinski definition) is 0. The Balaban J connectivity index is 1.31. The fraction of sp³-hybridized carbons (Fsp3) is 0.655. The lowest BCUT2D eigenvalue weighted by Gasteiger charge is -2.42. The average molecular weight is 607 g/mol. The number of benzene rings is 1. The van der Waals surface area contributed by atoms with Crippen molar-refractivity contribution in [2.75, 3.05) is 47.1 Å². The van der Waals surface area contributed by atoms with Gasteiger partial charge in [0.1, 0.15) is 22.9 Å². The lowest BCUT2D eigenvalue weighted by molar-refractivity contribution is -0.177. The number of carbonyl (C=O) groups is 2. The molecular formula is C29H39ClN4O6S. The minimum atomic E-state index is -0.958. The van der Waals surface area contributed by atoms with Gasteiger partial charge in [-0.25, -0.2) is 0 Å². The van der Waals surface area contributed by atoms with Crippen LogP contribution in [0, 0.1) is 12.8 Å². The van der Waals surface area contributed by atoms with Crippen LogP contribution < -0.4 is 9.47 Å². The third kappa shape index (κ3) is 6.68. The fourth-order valence-corrected chi connectivity index (χ4v) is 7.56. The van der Waals surface area contributed by atoms with Gasteiger partial charge in [0.25, 0.3) is 0 Å². The molecule has 10 nitrogen and oxygen atoms in total. The highest BCUT2D eigenvalue weighted by Gasteiger charge is 2.52. The summed E-state index contributed by atoms with van der Waals surface area (Å²) < 4.78 is 24.7. The van der Waals surface area contributed by atoms with Crippen LogP contribution >= 0.6 is 23.4 Å². The van der Waals surface area contributed by atoms with Gasteiger partial charge >= 0.3 is 5.97 Å². The Labute approximate surface area is 250 Å². The van der Waals surface area contributed by atoms with E-state index >= 15 is 0 Å². The summed E-state index contributed by atoms with van der Waals surface area (Å²) >= 11 is 7.58. The average Bonchev–Trinajstić information content (AvgIpc) is 3.64. The first-order valence-electron chi connectivity index (χ1n) is 14.4. The summed E-state index contributed by atoms with van der Waals surface area (Å²) in [5.74, 6) is 1.48. The maximum Gasteiger partial charge on any atom is 0.327 e. The second-order valence-electron chi connectivity index (χ2n) is 11.0. The van der Waals surface area contributed by atoms with Gasteiger partial charge in [-0.05, 0) is 50.2 Å². The van der Waals surface area contributed by atoms with Crippen molar-refractivity contribution in [2.45, 2.75) is 74.4 Å². The molecular weight excluding hydrogens is 568 g/mol. The molecule has 1 aromatic heterocycles. The van der Waals surface area contributed by atoms with E-state index < -0.39 is 16.8 Å². The molecule has 3 heterocycles. The van der Waals surface area contributed by atoms with Crippen LogP contribution in [-0.4, -0.2) is 89.3 Å². The Kier molecular flexibility index (Phi) is 9.78. The molecule has 2 aromatic rings. The van der Waals surface area contributed by atoms with Gasteiger partial charge in [-0.2, -0.15) is 0 Å². The number of thioether (sulfide) groups is 1. The van der Waals surface area contributed by atoms with E-state index in [9.17, 15) is 9.59 Å². The number of halogens is 1. The van der Waals surface area contributed by atoms with Gasteiger partial charge in [0.05, 0.1) is 32.5 Å². The molecule has 1 saturated carbocycles. The smallest absolute Gasteiger partial charge is 0.327 e. The molecule has 41 heavy (non-hydrogen) atoms. The molecule has 2 atom stereocenters. The number of carbonyl (C=O) groups excluding carboxylic acids is 2. The zero-order chi connectivity index (χ0) is 29.0. The van der Waals surface area contributed by atoms with E-state index in [1.807, 2.05) is 17.6 Å². The van der Waals surface area contributed by atoms with Crippen molar-refractivity contribution in [1.82, 2.24) is 19.7 Å². The van der Waals surface area contributed by atoms with Crippen LogP contribution in [0.4, 0.5) is 0 Å². The summed E-state index contributed by atoms with van der Waals surface area (Å²) in [5, 5.41) is 8.64. The summed E-state index contributed by atoms with van der Waals surface area (Å²) in [6, 6.07) is 3.60. The molecule has 1 aliphatic carbocycles. The largest absolute Gasteiger partial charge is 0.496 e. The number of nitrogens with zero attached hydrogens (tertiary/aromatic N) is 4. The van der Waals surface area contributed by atoms with Crippen molar-refractivity contribution >= 4 is 35.1 Å². The quantitative estimate of drug-likeness (QED) is 0.274. The molecule has 224 valence electrons. The Bertz CT molecular complexity index is 1230. The third-order valence-electron chi connectivity index (χ3n) is 8.62. The number of methoxy groups -OCH3 is 2. The van der Waals surface area contributed by atoms with E-state index in [-0.39, 0.29) is 18.1 Å². The van der Waals surface area contributed by atoms with E-state index in [1.165, 1.54) is 0 Å². The molecule has 0 N–H and O–H groups in total. The van der Waals surface area contributed by atoms with E-state index in [2.05, 4.69) is 15.1 Å². The number of ether oxygens (including phenoxy) is 4. The topological polar surface area (TPSA) is 105 Å². The number of Topliss-reactive ketones (excluding diaryl/α,β-unsaturated/α-hetero) is 1. The third-order valence-corrected chi connectivity index (χ3v) is 10.1. The van der Waals surface area contributed by atoms with E-state index in [4.69, 9.17) is 30.5 Å². The lowest BCUT2D eigenvalue weighted by Crippen LogP contribution is -2.53. The number of cyclic esters (lactones) is 1. The molecule has 2 unspecified atom stereocenters. The predicted octanol–water partition coefficient (Wildman–Crippen LogP) is 4.13. The van der Waals surface area contributed by atoms with Gasteiger partial charge in [-0.1, -0.05) is 36.2 Å². The number of aromatic nitrogens is 3. The van der Waals surface area contributed by atoms with Crippen LogP contribution in [-0.2, 0) is 32.0 Å². The Morgan fingerprint density at radius 1 is 1.07 bits per heavy atom. The summed E-state index contributed by atoms with van der Waals surface area (Å²) in [7, 11) is 3.16. The fourth-order valence-electron chi connectivity index (χ4n) is 6.29. The summed E-state index contributed by atoms with van der Waals surface area (Å²) in [6.07, 6.45) is 5.27. The Hall–Kier alpha value is -2.34. The van der Waals surface area contributed by atoms with Crippen LogP contribution in [0.3, 0.4) is 0 Å². The minimum absolute atomic E-state index is 0.113. The molecule has 2 aliphatic heterocycles. The number of hydrogen-bond acceptors (Lipinski definition) is 10. The second kappa shape index (κ2) is 13.3. The standard InChI is InChI=1S/C29H39ClN4O6S/c1-19-31-32-28(34(19)11-10-33-12-14-39-15-13-33)41-26-23(35)18-29(40-27(26)36,21-6-4-5-7-21)9-8-20-16-22(30)25(38-3)17-24(20)37-2/h16-17,21,26H,4-15,18H2,1-3H3. The van der Waals surface area contributed by atoms with Gasteiger partial charge < -0.3 is 23.5 Å². The zero-order valence-electron chi connectivity index (χ0n) is 24.0. The molecule has 0 radical (unpaired) electrons. The molecule has 12 heteroatoms.